The van der Waals surface area contributed by atoms with Crippen molar-refractivity contribution in [3.05, 3.63) is 41.2 Å². The summed E-state index contributed by atoms with van der Waals surface area (Å²) < 4.78 is 5.26. The van der Waals surface area contributed by atoms with Crippen molar-refractivity contribution in [2.75, 3.05) is 25.5 Å². The highest BCUT2D eigenvalue weighted by Gasteiger charge is 2.20. The Morgan fingerprint density at radius 3 is 2.61 bits per heavy atom. The third-order valence-electron chi connectivity index (χ3n) is 3.70. The quantitative estimate of drug-likeness (QED) is 0.931. The summed E-state index contributed by atoms with van der Waals surface area (Å²) in [6.07, 6.45) is 5.18. The number of carbonyl (C=O) groups is 1. The molecule has 3 rings (SSSR count). The molecule has 1 N–H and O–H groups in total. The number of nitrogens with zero attached hydrogens (tertiary/aromatic N) is 3. The van der Waals surface area contributed by atoms with Crippen molar-refractivity contribution in [2.24, 2.45) is 0 Å². The standard InChI is InChI=1S/C16H17ClN4O2/c1-23-14-5-4-12(17)8-13(14)20-16-18-9-11(10-19-16)15(22)21-6-2-3-7-21/h4-5,8-10H,2-3,6-7H2,1H3,(H,18,19,20). The molecule has 1 aliphatic rings. The van der Waals surface area contributed by atoms with Crippen LogP contribution in [0.1, 0.15) is 23.2 Å². The van der Waals surface area contributed by atoms with Gasteiger partial charge >= 0.3 is 0 Å². The van der Waals surface area contributed by atoms with E-state index in [1.165, 1.54) is 12.4 Å². The van der Waals surface area contributed by atoms with Crippen molar-refractivity contribution in [1.29, 1.82) is 0 Å². The van der Waals surface area contributed by atoms with E-state index in [-0.39, 0.29) is 5.91 Å². The van der Waals surface area contributed by atoms with Gasteiger partial charge in [0, 0.05) is 30.5 Å². The molecule has 6 nitrogen and oxygen atoms in total. The van der Waals surface area contributed by atoms with Crippen molar-refractivity contribution < 1.29 is 9.53 Å². The molecule has 1 amide bonds. The van der Waals surface area contributed by atoms with Crippen molar-refractivity contribution in [3.8, 4) is 5.75 Å². The molecule has 0 saturated carbocycles. The van der Waals surface area contributed by atoms with Crippen molar-refractivity contribution in [1.82, 2.24) is 14.9 Å². The van der Waals surface area contributed by atoms with E-state index in [0.29, 0.717) is 28.0 Å². The first-order valence-corrected chi connectivity index (χ1v) is 7.77. The summed E-state index contributed by atoms with van der Waals surface area (Å²) in [7, 11) is 1.58. The second-order valence-corrected chi connectivity index (χ2v) is 5.70. The van der Waals surface area contributed by atoms with Crippen LogP contribution < -0.4 is 10.1 Å². The van der Waals surface area contributed by atoms with Crippen LogP contribution in [-0.2, 0) is 0 Å². The lowest BCUT2D eigenvalue weighted by atomic mass is 10.3. The highest BCUT2D eigenvalue weighted by molar-refractivity contribution is 6.31. The summed E-state index contributed by atoms with van der Waals surface area (Å²) in [6, 6.07) is 5.23. The highest BCUT2D eigenvalue weighted by Crippen LogP contribution is 2.29. The number of methoxy groups -OCH3 is 1. The number of nitrogens with one attached hydrogen (secondary N) is 1. The summed E-state index contributed by atoms with van der Waals surface area (Å²) in [5.74, 6) is 0.994. The molecule has 0 spiro atoms. The topological polar surface area (TPSA) is 67.3 Å². The number of amides is 1. The number of ether oxygens (including phenoxy) is 1. The summed E-state index contributed by atoms with van der Waals surface area (Å²) in [4.78, 5) is 22.5. The summed E-state index contributed by atoms with van der Waals surface area (Å²) in [6.45, 7) is 1.61. The molecule has 1 aromatic heterocycles. The summed E-state index contributed by atoms with van der Waals surface area (Å²) >= 11 is 5.99. The monoisotopic (exact) mass is 332 g/mol. The van der Waals surface area contributed by atoms with Crippen LogP contribution in [0, 0.1) is 0 Å². The average Bonchev–Trinajstić information content (AvgIpc) is 3.10. The normalized spacial score (nSPS) is 13.9. The molecule has 120 valence electrons. The van der Waals surface area contributed by atoms with Gasteiger partial charge in [0.2, 0.25) is 5.95 Å². The summed E-state index contributed by atoms with van der Waals surface area (Å²) in [5, 5.41) is 3.62. The van der Waals surface area contributed by atoms with Gasteiger partial charge in [0.15, 0.2) is 0 Å². The van der Waals surface area contributed by atoms with E-state index < -0.39 is 0 Å². The lowest BCUT2D eigenvalue weighted by Crippen LogP contribution is -2.27. The smallest absolute Gasteiger partial charge is 0.256 e. The second kappa shape index (κ2) is 6.83. The van der Waals surface area contributed by atoms with Crippen LogP contribution in [0.15, 0.2) is 30.6 Å². The molecular weight excluding hydrogens is 316 g/mol. The first-order valence-electron chi connectivity index (χ1n) is 7.39. The molecule has 0 bridgehead atoms. The number of benzene rings is 1. The Morgan fingerprint density at radius 2 is 1.96 bits per heavy atom. The summed E-state index contributed by atoms with van der Waals surface area (Å²) in [5.41, 5.74) is 1.16. The average molecular weight is 333 g/mol. The molecule has 0 unspecified atom stereocenters. The molecular formula is C16H17ClN4O2. The zero-order chi connectivity index (χ0) is 16.2. The number of rotatable bonds is 4. The van der Waals surface area contributed by atoms with Crippen LogP contribution >= 0.6 is 11.6 Å². The largest absolute Gasteiger partial charge is 0.495 e. The Morgan fingerprint density at radius 1 is 1.26 bits per heavy atom. The predicted molar refractivity (Wildman–Crippen MR) is 88.5 cm³/mol. The molecule has 0 atom stereocenters. The van der Waals surface area contributed by atoms with E-state index in [4.69, 9.17) is 16.3 Å². The fraction of sp³-hybridized carbons (Fsp3) is 0.312. The van der Waals surface area contributed by atoms with Gasteiger partial charge in [0.05, 0.1) is 18.4 Å². The second-order valence-electron chi connectivity index (χ2n) is 5.26. The van der Waals surface area contributed by atoms with Crippen LogP contribution in [-0.4, -0.2) is 41.0 Å². The van der Waals surface area contributed by atoms with Crippen molar-refractivity contribution >= 4 is 29.1 Å². The highest BCUT2D eigenvalue weighted by atomic mass is 35.5. The zero-order valence-corrected chi connectivity index (χ0v) is 13.5. The van der Waals surface area contributed by atoms with E-state index in [1.54, 1.807) is 25.3 Å². The van der Waals surface area contributed by atoms with Gasteiger partial charge in [-0.2, -0.15) is 0 Å². The van der Waals surface area contributed by atoms with E-state index in [0.717, 1.165) is 25.9 Å². The molecule has 7 heteroatoms. The Balaban J connectivity index is 1.75. The molecule has 2 heterocycles. The van der Waals surface area contributed by atoms with Crippen LogP contribution in [0.3, 0.4) is 0 Å². The molecule has 1 saturated heterocycles. The maximum Gasteiger partial charge on any atom is 0.256 e. The van der Waals surface area contributed by atoms with Gasteiger partial charge in [-0.1, -0.05) is 11.6 Å². The number of likely N-dealkylation sites (tertiary alicyclic amines) is 1. The molecule has 23 heavy (non-hydrogen) atoms. The fourth-order valence-corrected chi connectivity index (χ4v) is 2.68. The predicted octanol–water partition coefficient (Wildman–Crippen LogP) is 3.12. The first kappa shape index (κ1) is 15.6. The SMILES string of the molecule is COc1ccc(Cl)cc1Nc1ncc(C(=O)N2CCCC2)cn1. The Labute approximate surface area is 139 Å². The number of anilines is 2. The maximum atomic E-state index is 12.2. The third kappa shape index (κ3) is 3.53. The van der Waals surface area contributed by atoms with Gasteiger partial charge in [-0.05, 0) is 31.0 Å². The van der Waals surface area contributed by atoms with Crippen molar-refractivity contribution in [3.63, 3.8) is 0 Å². The number of carbonyl (C=O) groups excluding carboxylic acids is 1. The molecule has 1 aromatic carbocycles. The Hall–Kier alpha value is -2.34. The van der Waals surface area contributed by atoms with E-state index in [2.05, 4.69) is 15.3 Å². The van der Waals surface area contributed by atoms with Gasteiger partial charge in [0.1, 0.15) is 5.75 Å². The van der Waals surface area contributed by atoms with Gasteiger partial charge in [-0.15, -0.1) is 0 Å². The number of hydrogen-bond acceptors (Lipinski definition) is 5. The van der Waals surface area contributed by atoms with E-state index in [1.807, 2.05) is 4.90 Å². The first-order chi connectivity index (χ1) is 11.2. The zero-order valence-electron chi connectivity index (χ0n) is 12.8. The van der Waals surface area contributed by atoms with Gasteiger partial charge in [-0.25, -0.2) is 9.97 Å². The minimum Gasteiger partial charge on any atom is -0.495 e. The minimum absolute atomic E-state index is 0.0191. The van der Waals surface area contributed by atoms with Crippen LogP contribution in [0.25, 0.3) is 0 Å². The van der Waals surface area contributed by atoms with Crippen LogP contribution in [0.2, 0.25) is 5.02 Å². The fourth-order valence-electron chi connectivity index (χ4n) is 2.50. The lowest BCUT2D eigenvalue weighted by molar-refractivity contribution is 0.0792. The Bertz CT molecular complexity index is 700. The Kier molecular flexibility index (Phi) is 4.62. The number of hydrogen-bond donors (Lipinski definition) is 1. The molecule has 0 aliphatic carbocycles. The third-order valence-corrected chi connectivity index (χ3v) is 3.94. The molecule has 1 aliphatic heterocycles. The van der Waals surface area contributed by atoms with Gasteiger partial charge in [0.25, 0.3) is 5.91 Å². The lowest BCUT2D eigenvalue weighted by Gasteiger charge is -2.15. The van der Waals surface area contributed by atoms with Crippen molar-refractivity contribution in [2.45, 2.75) is 12.8 Å². The van der Waals surface area contributed by atoms with Crippen LogP contribution in [0.5, 0.6) is 5.75 Å². The van der Waals surface area contributed by atoms with E-state index in [9.17, 15) is 4.79 Å². The molecule has 1 fully saturated rings. The van der Waals surface area contributed by atoms with E-state index >= 15 is 0 Å². The van der Waals surface area contributed by atoms with Crippen LogP contribution in [0.4, 0.5) is 11.6 Å². The van der Waals surface area contributed by atoms with Gasteiger partial charge in [-0.3, -0.25) is 4.79 Å². The van der Waals surface area contributed by atoms with Gasteiger partial charge < -0.3 is 15.0 Å². The molecule has 0 radical (unpaired) electrons. The molecule has 2 aromatic rings. The number of aromatic nitrogens is 2. The number of halogens is 1. The minimum atomic E-state index is -0.0191. The maximum absolute atomic E-state index is 12.2.